The lowest BCUT2D eigenvalue weighted by Crippen LogP contribution is -2.30. The second-order valence-corrected chi connectivity index (χ2v) is 10.1. The highest BCUT2D eigenvalue weighted by Gasteiger charge is 2.35. The van der Waals surface area contributed by atoms with Crippen LogP contribution in [0, 0.1) is 0 Å². The molecule has 0 aliphatic carbocycles. The highest BCUT2D eigenvalue weighted by atomic mass is 35.5. The first-order valence-corrected chi connectivity index (χ1v) is 13.3. The van der Waals surface area contributed by atoms with Crippen LogP contribution in [0.4, 0.5) is 13.2 Å². The van der Waals surface area contributed by atoms with Crippen LogP contribution in [0.25, 0.3) is 0 Å². The number of hydrogen-bond acceptors (Lipinski definition) is 6. The zero-order valence-electron chi connectivity index (χ0n) is 20.9. The van der Waals surface area contributed by atoms with E-state index in [0.717, 1.165) is 5.56 Å². The molecule has 0 N–H and O–H groups in total. The van der Waals surface area contributed by atoms with Crippen molar-refractivity contribution >= 4 is 35.4 Å². The summed E-state index contributed by atoms with van der Waals surface area (Å²) in [7, 11) is 0. The molecule has 1 heterocycles. The van der Waals surface area contributed by atoms with Gasteiger partial charge in [-0.15, -0.1) is 0 Å². The van der Waals surface area contributed by atoms with Gasteiger partial charge in [-0.25, -0.2) is 0 Å². The third-order valence-corrected chi connectivity index (χ3v) is 6.96. The SMILES string of the molecule is CCOC(=O)C1CCOc2cc(Oc3ccc(C(=O)N(CCc4ccccc4)SC(F)(F)F)cc3)c(Cl)cc21. The van der Waals surface area contributed by atoms with E-state index in [2.05, 4.69) is 0 Å². The number of fused-ring (bicyclic) bond motifs is 1. The van der Waals surface area contributed by atoms with Crippen LogP contribution in [0.5, 0.6) is 17.2 Å². The third kappa shape index (κ3) is 7.60. The standard InChI is InChI=1S/C28H25ClF3NO5S/c1-2-36-27(35)21-13-15-37-24-17-25(23(29)16-22(21)24)38-20-10-8-19(9-11-20)26(34)33(39-28(30,31)32)14-12-18-6-4-3-5-7-18/h3-11,16-17,21H,2,12-15H2,1H3. The van der Waals surface area contributed by atoms with Crippen LogP contribution in [0.3, 0.4) is 0 Å². The summed E-state index contributed by atoms with van der Waals surface area (Å²) in [6.07, 6.45) is 0.736. The molecule has 39 heavy (non-hydrogen) atoms. The van der Waals surface area contributed by atoms with Crippen LogP contribution in [0.2, 0.25) is 5.02 Å². The Labute approximate surface area is 233 Å². The van der Waals surface area contributed by atoms with Gasteiger partial charge in [0.2, 0.25) is 0 Å². The number of ether oxygens (including phenoxy) is 3. The van der Waals surface area contributed by atoms with Crippen molar-refractivity contribution < 1.29 is 37.0 Å². The van der Waals surface area contributed by atoms with Crippen molar-refractivity contribution in [3.05, 3.63) is 88.4 Å². The number of carbonyl (C=O) groups is 2. The summed E-state index contributed by atoms with van der Waals surface area (Å²) >= 11 is 5.96. The van der Waals surface area contributed by atoms with E-state index < -0.39 is 29.3 Å². The van der Waals surface area contributed by atoms with Crippen LogP contribution in [-0.2, 0) is 16.0 Å². The molecule has 0 aromatic heterocycles. The van der Waals surface area contributed by atoms with Gasteiger partial charge in [-0.1, -0.05) is 41.9 Å². The number of amides is 1. The predicted molar refractivity (Wildman–Crippen MR) is 142 cm³/mol. The average Bonchev–Trinajstić information content (AvgIpc) is 2.91. The van der Waals surface area contributed by atoms with Gasteiger partial charge in [0, 0.05) is 23.7 Å². The molecule has 206 valence electrons. The molecule has 0 radical (unpaired) electrons. The van der Waals surface area contributed by atoms with E-state index >= 15 is 0 Å². The molecule has 3 aromatic rings. The second kappa shape index (κ2) is 12.7. The lowest BCUT2D eigenvalue weighted by atomic mass is 9.93. The van der Waals surface area contributed by atoms with E-state index in [1.807, 2.05) is 6.07 Å². The average molecular weight is 580 g/mol. The molecule has 0 bridgehead atoms. The Hall–Kier alpha value is -3.37. The first kappa shape index (κ1) is 28.6. The van der Waals surface area contributed by atoms with Gasteiger partial charge in [0.25, 0.3) is 5.91 Å². The lowest BCUT2D eigenvalue weighted by molar-refractivity contribution is -0.145. The van der Waals surface area contributed by atoms with Crippen molar-refractivity contribution in [2.45, 2.75) is 31.2 Å². The Balaban J connectivity index is 1.48. The van der Waals surface area contributed by atoms with Gasteiger partial charge in [-0.05, 0) is 55.7 Å². The van der Waals surface area contributed by atoms with Gasteiger partial charge in [-0.2, -0.15) is 13.2 Å². The van der Waals surface area contributed by atoms with Gasteiger partial charge < -0.3 is 14.2 Å². The molecule has 0 saturated carbocycles. The van der Waals surface area contributed by atoms with Crippen molar-refractivity contribution in [2.24, 2.45) is 0 Å². The van der Waals surface area contributed by atoms with Crippen molar-refractivity contribution in [1.29, 1.82) is 0 Å². The summed E-state index contributed by atoms with van der Waals surface area (Å²) in [5.41, 5.74) is -3.12. The van der Waals surface area contributed by atoms with Crippen LogP contribution in [0.1, 0.15) is 40.7 Å². The zero-order valence-corrected chi connectivity index (χ0v) is 22.4. The zero-order chi connectivity index (χ0) is 28.0. The predicted octanol–water partition coefficient (Wildman–Crippen LogP) is 7.41. The molecular formula is C28H25ClF3NO5S. The minimum Gasteiger partial charge on any atom is -0.493 e. The monoisotopic (exact) mass is 579 g/mol. The number of benzene rings is 3. The van der Waals surface area contributed by atoms with Crippen LogP contribution in [-0.4, -0.2) is 41.4 Å². The van der Waals surface area contributed by atoms with Gasteiger partial charge in [0.05, 0.1) is 36.1 Å². The summed E-state index contributed by atoms with van der Waals surface area (Å²) in [5.74, 6) is -0.603. The molecular weight excluding hydrogens is 555 g/mol. The summed E-state index contributed by atoms with van der Waals surface area (Å²) < 4.78 is 57.0. The van der Waals surface area contributed by atoms with E-state index in [1.165, 1.54) is 24.3 Å². The molecule has 4 rings (SSSR count). The maximum absolute atomic E-state index is 13.2. The first-order chi connectivity index (χ1) is 18.6. The summed E-state index contributed by atoms with van der Waals surface area (Å²) in [4.78, 5) is 25.3. The fourth-order valence-corrected chi connectivity index (χ4v) is 4.91. The first-order valence-electron chi connectivity index (χ1n) is 12.2. The van der Waals surface area contributed by atoms with E-state index in [1.54, 1.807) is 43.3 Å². The van der Waals surface area contributed by atoms with Crippen LogP contribution in [0.15, 0.2) is 66.7 Å². The summed E-state index contributed by atoms with van der Waals surface area (Å²) in [6, 6.07) is 17.9. The number of carbonyl (C=O) groups excluding carboxylic acids is 2. The van der Waals surface area contributed by atoms with Crippen molar-refractivity contribution in [2.75, 3.05) is 19.8 Å². The highest BCUT2D eigenvalue weighted by Crippen LogP contribution is 2.42. The summed E-state index contributed by atoms with van der Waals surface area (Å²) in [5, 5.41) is 0.238. The van der Waals surface area contributed by atoms with Crippen molar-refractivity contribution in [1.82, 2.24) is 4.31 Å². The van der Waals surface area contributed by atoms with E-state index in [9.17, 15) is 22.8 Å². The van der Waals surface area contributed by atoms with E-state index in [-0.39, 0.29) is 41.9 Å². The molecule has 0 spiro atoms. The largest absolute Gasteiger partial charge is 0.493 e. The molecule has 3 aromatic carbocycles. The molecule has 6 nitrogen and oxygen atoms in total. The van der Waals surface area contributed by atoms with Crippen LogP contribution >= 0.6 is 23.5 Å². The maximum atomic E-state index is 13.2. The normalized spacial score (nSPS) is 14.6. The van der Waals surface area contributed by atoms with E-state index in [4.69, 9.17) is 25.8 Å². The lowest BCUT2D eigenvalue weighted by Gasteiger charge is -2.25. The molecule has 0 saturated heterocycles. The molecule has 1 aliphatic heterocycles. The Kier molecular flexibility index (Phi) is 9.29. The number of esters is 1. The van der Waals surface area contributed by atoms with Gasteiger partial charge in [-0.3, -0.25) is 13.9 Å². The topological polar surface area (TPSA) is 65.1 Å². The number of hydrogen-bond donors (Lipinski definition) is 0. The number of halogens is 4. The highest BCUT2D eigenvalue weighted by molar-refractivity contribution is 7.98. The number of nitrogens with zero attached hydrogens (tertiary/aromatic N) is 1. The second-order valence-electron chi connectivity index (χ2n) is 8.57. The number of alkyl halides is 3. The minimum atomic E-state index is -4.62. The Morgan fingerprint density at radius 2 is 1.82 bits per heavy atom. The number of rotatable bonds is 9. The smallest absolute Gasteiger partial charge is 0.461 e. The quantitative estimate of drug-likeness (QED) is 0.194. The fourth-order valence-electron chi connectivity index (χ4n) is 4.08. The molecule has 1 amide bonds. The van der Waals surface area contributed by atoms with Crippen molar-refractivity contribution in [3.8, 4) is 17.2 Å². The third-order valence-electron chi connectivity index (χ3n) is 5.89. The molecule has 1 aliphatic rings. The van der Waals surface area contributed by atoms with Gasteiger partial charge in [0.15, 0.2) is 0 Å². The summed E-state index contributed by atoms with van der Waals surface area (Å²) in [6.45, 7) is 2.20. The maximum Gasteiger partial charge on any atom is 0.461 e. The molecule has 1 atom stereocenters. The van der Waals surface area contributed by atoms with Gasteiger partial charge in [0.1, 0.15) is 17.2 Å². The van der Waals surface area contributed by atoms with Crippen molar-refractivity contribution in [3.63, 3.8) is 0 Å². The Morgan fingerprint density at radius 1 is 1.10 bits per heavy atom. The molecule has 0 fully saturated rings. The van der Waals surface area contributed by atoms with Gasteiger partial charge >= 0.3 is 11.5 Å². The Morgan fingerprint density at radius 3 is 2.49 bits per heavy atom. The minimum absolute atomic E-state index is 0.0734. The van der Waals surface area contributed by atoms with E-state index in [0.29, 0.717) is 34.4 Å². The fraction of sp³-hybridized carbons (Fsp3) is 0.286. The molecule has 11 heteroatoms. The van der Waals surface area contributed by atoms with Crippen LogP contribution < -0.4 is 9.47 Å². The molecule has 1 unspecified atom stereocenters. The Bertz CT molecular complexity index is 1310.